The molecular formula is C20H20N2O3. The van der Waals surface area contributed by atoms with Gasteiger partial charge in [0.25, 0.3) is 5.91 Å². The Morgan fingerprint density at radius 3 is 2.68 bits per heavy atom. The van der Waals surface area contributed by atoms with Crippen LogP contribution in [0.3, 0.4) is 0 Å². The first-order chi connectivity index (χ1) is 12.0. The van der Waals surface area contributed by atoms with E-state index in [0.717, 1.165) is 29.9 Å². The van der Waals surface area contributed by atoms with Gasteiger partial charge in [-0.1, -0.05) is 32.0 Å². The normalized spacial score (nSPS) is 19.2. The van der Waals surface area contributed by atoms with Crippen molar-refractivity contribution >= 4 is 17.6 Å². The van der Waals surface area contributed by atoms with E-state index in [9.17, 15) is 9.59 Å². The second-order valence-corrected chi connectivity index (χ2v) is 6.82. The van der Waals surface area contributed by atoms with Crippen LogP contribution in [0, 0.1) is 5.92 Å². The fourth-order valence-electron chi connectivity index (χ4n) is 3.39. The topological polar surface area (TPSA) is 58.6 Å². The molecule has 0 bridgehead atoms. The van der Waals surface area contributed by atoms with E-state index in [1.807, 2.05) is 44.2 Å². The molecule has 2 aliphatic heterocycles. The molecule has 0 aliphatic carbocycles. The Bertz CT molecular complexity index is 860. The highest BCUT2D eigenvalue weighted by Crippen LogP contribution is 2.32. The molecule has 5 heteroatoms. The summed E-state index contributed by atoms with van der Waals surface area (Å²) in [5.41, 5.74) is 3.82. The van der Waals surface area contributed by atoms with E-state index in [1.54, 1.807) is 6.07 Å². The van der Waals surface area contributed by atoms with Crippen molar-refractivity contribution in [2.75, 3.05) is 11.5 Å². The molecule has 1 saturated heterocycles. The molecule has 1 fully saturated rings. The Labute approximate surface area is 146 Å². The molecule has 0 saturated carbocycles. The molecule has 0 radical (unpaired) electrons. The lowest BCUT2D eigenvalue weighted by Gasteiger charge is -2.15. The first kappa shape index (κ1) is 15.7. The van der Waals surface area contributed by atoms with Crippen LogP contribution in [0.1, 0.15) is 19.4 Å². The fraction of sp³-hybridized carbons (Fsp3) is 0.300. The fourth-order valence-corrected chi connectivity index (χ4v) is 3.39. The Morgan fingerprint density at radius 1 is 1.12 bits per heavy atom. The van der Waals surface area contributed by atoms with Gasteiger partial charge >= 0.3 is 6.03 Å². The summed E-state index contributed by atoms with van der Waals surface area (Å²) in [6.07, 6.45) is 0.909. The molecular weight excluding hydrogens is 316 g/mol. The molecule has 2 aliphatic rings. The van der Waals surface area contributed by atoms with E-state index in [0.29, 0.717) is 5.69 Å². The van der Waals surface area contributed by atoms with Crippen molar-refractivity contribution < 1.29 is 14.3 Å². The van der Waals surface area contributed by atoms with Gasteiger partial charge in [-0.2, -0.15) is 0 Å². The molecule has 4 rings (SSSR count). The maximum Gasteiger partial charge on any atom is 0.329 e. The van der Waals surface area contributed by atoms with Crippen LogP contribution in [0.4, 0.5) is 10.5 Å². The van der Waals surface area contributed by atoms with Crippen molar-refractivity contribution in [1.82, 2.24) is 5.32 Å². The van der Waals surface area contributed by atoms with Crippen LogP contribution in [-0.4, -0.2) is 24.6 Å². The van der Waals surface area contributed by atoms with Crippen molar-refractivity contribution in [3.63, 3.8) is 0 Å². The number of nitrogens with one attached hydrogen (secondary N) is 1. The van der Waals surface area contributed by atoms with Crippen molar-refractivity contribution in [3.8, 4) is 16.9 Å². The molecule has 2 heterocycles. The number of amides is 3. The Kier molecular flexibility index (Phi) is 3.71. The number of fused-ring (bicyclic) bond motifs is 1. The minimum Gasteiger partial charge on any atom is -0.493 e. The van der Waals surface area contributed by atoms with Crippen LogP contribution in [0.2, 0.25) is 0 Å². The molecule has 128 valence electrons. The first-order valence-corrected chi connectivity index (χ1v) is 8.55. The van der Waals surface area contributed by atoms with Gasteiger partial charge < -0.3 is 10.1 Å². The molecule has 25 heavy (non-hydrogen) atoms. The lowest BCUT2D eigenvalue weighted by molar-refractivity contribution is -0.119. The van der Waals surface area contributed by atoms with Crippen LogP contribution in [0.25, 0.3) is 11.1 Å². The summed E-state index contributed by atoms with van der Waals surface area (Å²) in [6, 6.07) is 12.8. The Hall–Kier alpha value is -2.82. The molecule has 0 aromatic heterocycles. The number of carbonyl (C=O) groups is 2. The summed E-state index contributed by atoms with van der Waals surface area (Å²) in [5, 5.41) is 2.77. The van der Waals surface area contributed by atoms with E-state index in [2.05, 4.69) is 11.4 Å². The third-order valence-electron chi connectivity index (χ3n) is 4.76. The quantitative estimate of drug-likeness (QED) is 0.874. The Morgan fingerprint density at radius 2 is 1.92 bits per heavy atom. The number of nitrogens with zero attached hydrogens (tertiary/aromatic N) is 1. The number of hydrogen-bond acceptors (Lipinski definition) is 3. The van der Waals surface area contributed by atoms with E-state index >= 15 is 0 Å². The summed E-state index contributed by atoms with van der Waals surface area (Å²) >= 11 is 0. The van der Waals surface area contributed by atoms with Gasteiger partial charge in [-0.3, -0.25) is 4.79 Å². The summed E-state index contributed by atoms with van der Waals surface area (Å²) in [7, 11) is 0. The van der Waals surface area contributed by atoms with Crippen LogP contribution in [-0.2, 0) is 11.2 Å². The van der Waals surface area contributed by atoms with Gasteiger partial charge in [0.05, 0.1) is 12.3 Å². The van der Waals surface area contributed by atoms with Gasteiger partial charge in [0.15, 0.2) is 0 Å². The molecule has 1 N–H and O–H groups in total. The summed E-state index contributed by atoms with van der Waals surface area (Å²) < 4.78 is 5.55. The number of urea groups is 1. The summed E-state index contributed by atoms with van der Waals surface area (Å²) in [4.78, 5) is 26.1. The average molecular weight is 336 g/mol. The average Bonchev–Trinajstić information content (AvgIpc) is 3.18. The van der Waals surface area contributed by atoms with Gasteiger partial charge in [0.1, 0.15) is 11.8 Å². The van der Waals surface area contributed by atoms with Crippen molar-refractivity contribution in [1.29, 1.82) is 0 Å². The number of hydrogen-bond donors (Lipinski definition) is 1. The molecule has 2 aromatic carbocycles. The van der Waals surface area contributed by atoms with Crippen LogP contribution >= 0.6 is 0 Å². The highest BCUT2D eigenvalue weighted by molar-refractivity contribution is 6.21. The van der Waals surface area contributed by atoms with Gasteiger partial charge in [-0.25, -0.2) is 9.69 Å². The van der Waals surface area contributed by atoms with E-state index in [4.69, 9.17) is 4.74 Å². The predicted octanol–water partition coefficient (Wildman–Crippen LogP) is 3.37. The van der Waals surface area contributed by atoms with E-state index < -0.39 is 6.04 Å². The zero-order valence-electron chi connectivity index (χ0n) is 14.3. The lowest BCUT2D eigenvalue weighted by Crippen LogP contribution is -2.34. The van der Waals surface area contributed by atoms with Crippen LogP contribution in [0.5, 0.6) is 5.75 Å². The monoisotopic (exact) mass is 336 g/mol. The SMILES string of the molecule is CC(C)[C@@H]1NC(=O)N(c2cccc(-c3ccc4c(c3)CCO4)c2)C1=O. The molecule has 5 nitrogen and oxygen atoms in total. The maximum atomic E-state index is 12.6. The second kappa shape index (κ2) is 5.92. The highest BCUT2D eigenvalue weighted by atomic mass is 16.5. The Balaban J connectivity index is 1.68. The second-order valence-electron chi connectivity index (χ2n) is 6.82. The lowest BCUT2D eigenvalue weighted by atomic mass is 10.0. The van der Waals surface area contributed by atoms with E-state index in [1.165, 1.54) is 10.5 Å². The standard InChI is InChI=1S/C20H20N2O3/c1-12(2)18-19(23)22(20(24)21-18)16-5-3-4-13(11-16)14-6-7-17-15(10-14)8-9-25-17/h3-7,10-12,18H,8-9H2,1-2H3,(H,21,24)/t18-/m0/s1. The number of anilines is 1. The molecule has 3 amide bonds. The maximum absolute atomic E-state index is 12.6. The third kappa shape index (κ3) is 2.65. The molecule has 1 atom stereocenters. The van der Waals surface area contributed by atoms with Crippen LogP contribution in [0.15, 0.2) is 42.5 Å². The third-order valence-corrected chi connectivity index (χ3v) is 4.76. The minimum atomic E-state index is -0.465. The molecule has 2 aromatic rings. The minimum absolute atomic E-state index is 0.0568. The van der Waals surface area contributed by atoms with Gasteiger partial charge in [0, 0.05) is 6.42 Å². The zero-order valence-corrected chi connectivity index (χ0v) is 14.3. The van der Waals surface area contributed by atoms with Crippen molar-refractivity contribution in [2.24, 2.45) is 5.92 Å². The first-order valence-electron chi connectivity index (χ1n) is 8.55. The molecule has 0 spiro atoms. The molecule has 0 unspecified atom stereocenters. The largest absolute Gasteiger partial charge is 0.493 e. The van der Waals surface area contributed by atoms with Gasteiger partial charge in [0.2, 0.25) is 0 Å². The van der Waals surface area contributed by atoms with E-state index in [-0.39, 0.29) is 17.9 Å². The van der Waals surface area contributed by atoms with Gasteiger partial charge in [-0.05, 0) is 46.9 Å². The smallest absolute Gasteiger partial charge is 0.329 e. The predicted molar refractivity (Wildman–Crippen MR) is 95.7 cm³/mol. The van der Waals surface area contributed by atoms with Crippen molar-refractivity contribution in [3.05, 3.63) is 48.0 Å². The van der Waals surface area contributed by atoms with Crippen LogP contribution < -0.4 is 15.0 Å². The summed E-state index contributed by atoms with van der Waals surface area (Å²) in [5.74, 6) is 0.801. The number of rotatable bonds is 3. The highest BCUT2D eigenvalue weighted by Gasteiger charge is 2.40. The summed E-state index contributed by atoms with van der Waals surface area (Å²) in [6.45, 7) is 4.57. The number of imide groups is 1. The number of benzene rings is 2. The van der Waals surface area contributed by atoms with Crippen molar-refractivity contribution in [2.45, 2.75) is 26.3 Å². The number of carbonyl (C=O) groups excluding carboxylic acids is 2. The zero-order chi connectivity index (χ0) is 17.6. The number of ether oxygens (including phenoxy) is 1. The van der Waals surface area contributed by atoms with Gasteiger partial charge in [-0.15, -0.1) is 0 Å².